The van der Waals surface area contributed by atoms with E-state index in [1.54, 1.807) is 18.1 Å². The van der Waals surface area contributed by atoms with Crippen molar-refractivity contribution in [3.05, 3.63) is 40.6 Å². The lowest BCUT2D eigenvalue weighted by Gasteiger charge is -2.07. The molecule has 3 nitrogen and oxygen atoms in total. The van der Waals surface area contributed by atoms with Crippen LogP contribution < -0.4 is 5.32 Å². The summed E-state index contributed by atoms with van der Waals surface area (Å²) in [5, 5.41) is 3.93. The molecule has 1 aromatic carbocycles. The normalized spacial score (nSPS) is 10.3. The fraction of sp³-hybridized carbons (Fsp3) is 0.167. The van der Waals surface area contributed by atoms with Crippen LogP contribution >= 0.6 is 27.7 Å². The van der Waals surface area contributed by atoms with Crippen LogP contribution in [0, 0.1) is 6.92 Å². The van der Waals surface area contributed by atoms with Crippen LogP contribution in [0.2, 0.25) is 0 Å². The maximum absolute atomic E-state index is 4.28. The summed E-state index contributed by atoms with van der Waals surface area (Å²) in [6.45, 7) is 2.08. The van der Waals surface area contributed by atoms with Crippen LogP contribution in [0.3, 0.4) is 0 Å². The second-order valence-corrected chi connectivity index (χ2v) is 5.37. The molecule has 0 fully saturated rings. The van der Waals surface area contributed by atoms with Gasteiger partial charge in [-0.05, 0) is 35.0 Å². The zero-order chi connectivity index (χ0) is 12.3. The molecule has 0 bridgehead atoms. The molecule has 2 aromatic rings. The SMILES string of the molecule is CNc1ncnc(Sc2cccc(C)c2)c1Br. The zero-order valence-corrected chi connectivity index (χ0v) is 12.0. The highest BCUT2D eigenvalue weighted by Crippen LogP contribution is 2.34. The first-order chi connectivity index (χ1) is 8.20. The molecule has 0 saturated carbocycles. The highest BCUT2D eigenvalue weighted by Gasteiger charge is 2.08. The Labute approximate surface area is 113 Å². The van der Waals surface area contributed by atoms with Gasteiger partial charge < -0.3 is 5.32 Å². The van der Waals surface area contributed by atoms with Crippen molar-refractivity contribution in [1.29, 1.82) is 0 Å². The van der Waals surface area contributed by atoms with Crippen molar-refractivity contribution >= 4 is 33.5 Å². The van der Waals surface area contributed by atoms with Crippen LogP contribution in [0.1, 0.15) is 5.56 Å². The number of aryl methyl sites for hydroxylation is 1. The van der Waals surface area contributed by atoms with Gasteiger partial charge in [-0.3, -0.25) is 0 Å². The Kier molecular flexibility index (Phi) is 4.02. The number of nitrogens with zero attached hydrogens (tertiary/aromatic N) is 2. The van der Waals surface area contributed by atoms with E-state index < -0.39 is 0 Å². The summed E-state index contributed by atoms with van der Waals surface area (Å²) in [5.41, 5.74) is 1.24. The molecule has 88 valence electrons. The van der Waals surface area contributed by atoms with Crippen LogP contribution in [0.5, 0.6) is 0 Å². The molecule has 1 heterocycles. The summed E-state index contributed by atoms with van der Waals surface area (Å²) >= 11 is 5.13. The van der Waals surface area contributed by atoms with Crippen molar-refractivity contribution in [2.45, 2.75) is 16.8 Å². The largest absolute Gasteiger partial charge is 0.372 e. The molecule has 0 aliphatic carbocycles. The number of anilines is 1. The van der Waals surface area contributed by atoms with Crippen LogP contribution in [0.15, 0.2) is 45.0 Å². The molecule has 17 heavy (non-hydrogen) atoms. The third-order valence-electron chi connectivity index (χ3n) is 2.20. The fourth-order valence-electron chi connectivity index (χ4n) is 1.39. The van der Waals surface area contributed by atoms with Crippen molar-refractivity contribution in [1.82, 2.24) is 9.97 Å². The lowest BCUT2D eigenvalue weighted by atomic mass is 10.2. The number of hydrogen-bond donors (Lipinski definition) is 1. The number of rotatable bonds is 3. The number of hydrogen-bond acceptors (Lipinski definition) is 4. The molecule has 2 rings (SSSR count). The molecule has 0 saturated heterocycles. The van der Waals surface area contributed by atoms with Crippen molar-refractivity contribution in [3.63, 3.8) is 0 Å². The summed E-state index contributed by atoms with van der Waals surface area (Å²) in [6, 6.07) is 8.34. The third-order valence-corrected chi connectivity index (χ3v) is 4.20. The number of benzene rings is 1. The van der Waals surface area contributed by atoms with E-state index in [-0.39, 0.29) is 0 Å². The first-order valence-electron chi connectivity index (χ1n) is 5.13. The molecule has 0 aliphatic rings. The first kappa shape index (κ1) is 12.4. The monoisotopic (exact) mass is 309 g/mol. The number of halogens is 1. The van der Waals surface area contributed by atoms with Gasteiger partial charge in [0, 0.05) is 11.9 Å². The van der Waals surface area contributed by atoms with Gasteiger partial charge in [-0.1, -0.05) is 29.5 Å². The third kappa shape index (κ3) is 2.98. The maximum Gasteiger partial charge on any atom is 0.144 e. The molecule has 1 aromatic heterocycles. The highest BCUT2D eigenvalue weighted by molar-refractivity contribution is 9.10. The van der Waals surface area contributed by atoms with Crippen molar-refractivity contribution < 1.29 is 0 Å². The molecule has 1 N–H and O–H groups in total. The number of aromatic nitrogens is 2. The maximum atomic E-state index is 4.28. The van der Waals surface area contributed by atoms with Gasteiger partial charge in [0.25, 0.3) is 0 Å². The minimum atomic E-state index is 0.801. The smallest absolute Gasteiger partial charge is 0.144 e. The van der Waals surface area contributed by atoms with Gasteiger partial charge in [0.2, 0.25) is 0 Å². The average Bonchev–Trinajstić information content (AvgIpc) is 2.32. The van der Waals surface area contributed by atoms with Crippen LogP contribution in [0.4, 0.5) is 5.82 Å². The Morgan fingerprint density at radius 2 is 2.12 bits per heavy atom. The van der Waals surface area contributed by atoms with Crippen molar-refractivity contribution in [2.24, 2.45) is 0 Å². The van der Waals surface area contributed by atoms with Crippen LogP contribution in [-0.2, 0) is 0 Å². The van der Waals surface area contributed by atoms with E-state index in [9.17, 15) is 0 Å². The van der Waals surface area contributed by atoms with E-state index in [0.29, 0.717) is 0 Å². The zero-order valence-electron chi connectivity index (χ0n) is 9.57. The van der Waals surface area contributed by atoms with E-state index in [4.69, 9.17) is 0 Å². The Bertz CT molecular complexity index is 531. The quantitative estimate of drug-likeness (QED) is 0.877. The van der Waals surface area contributed by atoms with Gasteiger partial charge in [0.15, 0.2) is 0 Å². The minimum Gasteiger partial charge on any atom is -0.372 e. The highest BCUT2D eigenvalue weighted by atomic mass is 79.9. The van der Waals surface area contributed by atoms with E-state index >= 15 is 0 Å². The summed E-state index contributed by atoms with van der Waals surface area (Å²) in [5.74, 6) is 0.801. The Balaban J connectivity index is 2.30. The van der Waals surface area contributed by atoms with E-state index in [1.807, 2.05) is 13.1 Å². The van der Waals surface area contributed by atoms with E-state index in [2.05, 4.69) is 56.3 Å². The van der Waals surface area contributed by atoms with Crippen molar-refractivity contribution in [3.8, 4) is 0 Å². The van der Waals surface area contributed by atoms with Crippen molar-refractivity contribution in [2.75, 3.05) is 12.4 Å². The lowest BCUT2D eigenvalue weighted by Crippen LogP contribution is -1.96. The molecule has 0 atom stereocenters. The molecule has 0 radical (unpaired) electrons. The first-order valence-corrected chi connectivity index (χ1v) is 6.74. The second-order valence-electron chi connectivity index (χ2n) is 3.51. The fourth-order valence-corrected chi connectivity index (χ4v) is 2.94. The average molecular weight is 310 g/mol. The van der Waals surface area contributed by atoms with Crippen LogP contribution in [-0.4, -0.2) is 17.0 Å². The summed E-state index contributed by atoms with van der Waals surface area (Å²) in [6.07, 6.45) is 1.56. The Morgan fingerprint density at radius 3 is 2.82 bits per heavy atom. The molecule has 5 heteroatoms. The second kappa shape index (κ2) is 5.51. The molecule has 0 aliphatic heterocycles. The molecule has 0 unspecified atom stereocenters. The van der Waals surface area contributed by atoms with E-state index in [0.717, 1.165) is 15.3 Å². The predicted molar refractivity (Wildman–Crippen MR) is 74.6 cm³/mol. The molecule has 0 spiro atoms. The van der Waals surface area contributed by atoms with Gasteiger partial charge >= 0.3 is 0 Å². The Morgan fingerprint density at radius 1 is 1.29 bits per heavy atom. The topological polar surface area (TPSA) is 37.8 Å². The van der Waals surface area contributed by atoms with Gasteiger partial charge in [-0.15, -0.1) is 0 Å². The Hall–Kier alpha value is -1.07. The summed E-state index contributed by atoms with van der Waals surface area (Å²) in [7, 11) is 1.84. The summed E-state index contributed by atoms with van der Waals surface area (Å²) in [4.78, 5) is 9.58. The van der Waals surface area contributed by atoms with Crippen LogP contribution in [0.25, 0.3) is 0 Å². The van der Waals surface area contributed by atoms with Gasteiger partial charge in [0.05, 0.1) is 4.47 Å². The standard InChI is InChI=1S/C12H12BrN3S/c1-8-4-3-5-9(6-8)17-12-10(13)11(14-2)15-7-16-12/h3-7H,1-2H3,(H,14,15,16). The molecule has 0 amide bonds. The van der Waals surface area contributed by atoms with Gasteiger partial charge in [-0.25, -0.2) is 9.97 Å². The molecular weight excluding hydrogens is 298 g/mol. The van der Waals surface area contributed by atoms with E-state index in [1.165, 1.54) is 10.5 Å². The molecular formula is C12H12BrN3S. The lowest BCUT2D eigenvalue weighted by molar-refractivity contribution is 1.02. The van der Waals surface area contributed by atoms with Gasteiger partial charge in [0.1, 0.15) is 17.2 Å². The number of nitrogens with one attached hydrogen (secondary N) is 1. The predicted octanol–water partition coefficient (Wildman–Crippen LogP) is 3.74. The van der Waals surface area contributed by atoms with Gasteiger partial charge in [-0.2, -0.15) is 0 Å². The minimum absolute atomic E-state index is 0.801. The summed E-state index contributed by atoms with van der Waals surface area (Å²) < 4.78 is 0.897.